The molecule has 2 aromatic rings. The van der Waals surface area contributed by atoms with E-state index in [9.17, 15) is 4.79 Å². The molecule has 1 heterocycles. The van der Waals surface area contributed by atoms with Gasteiger partial charge in [-0.25, -0.2) is 4.79 Å². The number of hydrogen-bond acceptors (Lipinski definition) is 4. The second kappa shape index (κ2) is 6.65. The van der Waals surface area contributed by atoms with E-state index in [0.717, 1.165) is 17.9 Å². The topological polar surface area (TPSA) is 63.5 Å². The molecule has 1 amide bonds. The van der Waals surface area contributed by atoms with Gasteiger partial charge in [-0.05, 0) is 36.8 Å². The smallest absolute Gasteiger partial charge is 0.411 e. The maximum Gasteiger partial charge on any atom is 0.411 e. The average molecular weight is 274 g/mol. The van der Waals surface area contributed by atoms with Gasteiger partial charge in [0.2, 0.25) is 0 Å². The maximum absolute atomic E-state index is 11.2. The number of furan rings is 1. The Morgan fingerprint density at radius 3 is 2.75 bits per heavy atom. The monoisotopic (exact) mass is 274 g/mol. The Balaban J connectivity index is 2.08. The van der Waals surface area contributed by atoms with Gasteiger partial charge in [-0.2, -0.15) is 0 Å². The highest BCUT2D eigenvalue weighted by Gasteiger charge is 2.12. The molecule has 5 nitrogen and oxygen atoms in total. The van der Waals surface area contributed by atoms with Crippen molar-refractivity contribution in [3.8, 4) is 0 Å². The van der Waals surface area contributed by atoms with Crippen LogP contribution in [0.5, 0.6) is 0 Å². The molecule has 0 aliphatic rings. The third kappa shape index (κ3) is 3.54. The summed E-state index contributed by atoms with van der Waals surface area (Å²) in [6.45, 7) is 2.08. The van der Waals surface area contributed by atoms with Crippen LogP contribution in [0.15, 0.2) is 47.1 Å². The molecule has 20 heavy (non-hydrogen) atoms. The van der Waals surface area contributed by atoms with Crippen LogP contribution in [0.25, 0.3) is 0 Å². The van der Waals surface area contributed by atoms with Gasteiger partial charge >= 0.3 is 6.09 Å². The second-order valence-corrected chi connectivity index (χ2v) is 4.32. The van der Waals surface area contributed by atoms with E-state index in [1.807, 2.05) is 30.3 Å². The molecule has 0 aliphatic carbocycles. The zero-order valence-electron chi connectivity index (χ0n) is 11.6. The Bertz CT molecular complexity index is 552. The quantitative estimate of drug-likeness (QED) is 0.864. The molecule has 0 fully saturated rings. The van der Waals surface area contributed by atoms with Crippen LogP contribution >= 0.6 is 0 Å². The van der Waals surface area contributed by atoms with E-state index in [2.05, 4.69) is 22.3 Å². The maximum atomic E-state index is 11.2. The molecule has 2 rings (SSSR count). The van der Waals surface area contributed by atoms with Gasteiger partial charge in [-0.3, -0.25) is 5.32 Å². The first-order valence-electron chi connectivity index (χ1n) is 6.48. The zero-order chi connectivity index (χ0) is 14.4. The van der Waals surface area contributed by atoms with Gasteiger partial charge in [-0.1, -0.05) is 13.0 Å². The first-order valence-corrected chi connectivity index (χ1v) is 6.48. The highest BCUT2D eigenvalue weighted by Crippen LogP contribution is 2.24. The third-order valence-electron chi connectivity index (χ3n) is 2.93. The molecule has 0 bridgehead atoms. The summed E-state index contributed by atoms with van der Waals surface area (Å²) in [5.41, 5.74) is 1.58. The Morgan fingerprint density at radius 2 is 2.10 bits per heavy atom. The number of hydrogen-bond donors (Lipinski definition) is 2. The summed E-state index contributed by atoms with van der Waals surface area (Å²) in [7, 11) is 1.33. The lowest BCUT2D eigenvalue weighted by atomic mass is 10.1. The molecule has 0 saturated carbocycles. The van der Waals surface area contributed by atoms with Gasteiger partial charge in [0, 0.05) is 11.4 Å². The van der Waals surface area contributed by atoms with Crippen LogP contribution in [0.3, 0.4) is 0 Å². The number of rotatable bonds is 5. The highest BCUT2D eigenvalue weighted by atomic mass is 16.5. The molecule has 106 valence electrons. The van der Waals surface area contributed by atoms with Crippen LogP contribution in [-0.4, -0.2) is 13.2 Å². The molecule has 0 saturated heterocycles. The molecule has 0 spiro atoms. The van der Waals surface area contributed by atoms with E-state index in [1.54, 1.807) is 12.3 Å². The van der Waals surface area contributed by atoms with Gasteiger partial charge in [0.1, 0.15) is 5.76 Å². The molecule has 0 aliphatic heterocycles. The minimum Gasteiger partial charge on any atom is -0.467 e. The Morgan fingerprint density at radius 1 is 1.30 bits per heavy atom. The lowest BCUT2D eigenvalue weighted by Crippen LogP contribution is -2.12. The predicted molar refractivity (Wildman–Crippen MR) is 77.8 cm³/mol. The molecular weight excluding hydrogens is 256 g/mol. The number of carbonyl (C=O) groups is 1. The summed E-state index contributed by atoms with van der Waals surface area (Å²) in [5.74, 6) is 0.888. The third-order valence-corrected chi connectivity index (χ3v) is 2.93. The van der Waals surface area contributed by atoms with Gasteiger partial charge in [0.25, 0.3) is 0 Å². The molecule has 5 heteroatoms. The zero-order valence-corrected chi connectivity index (χ0v) is 11.6. The minimum atomic E-state index is -0.486. The van der Waals surface area contributed by atoms with Crippen molar-refractivity contribution in [3.63, 3.8) is 0 Å². The van der Waals surface area contributed by atoms with Crippen molar-refractivity contribution in [3.05, 3.63) is 48.4 Å². The van der Waals surface area contributed by atoms with Gasteiger partial charge < -0.3 is 14.5 Å². The molecular formula is C15H18N2O3. The number of ether oxygens (including phenoxy) is 1. The number of carbonyl (C=O) groups excluding carboxylic acids is 1. The summed E-state index contributed by atoms with van der Waals surface area (Å²) in [6.07, 6.45) is 2.07. The van der Waals surface area contributed by atoms with E-state index >= 15 is 0 Å². The number of amides is 1. The lowest BCUT2D eigenvalue weighted by Gasteiger charge is -2.16. The Hall–Kier alpha value is -2.43. The predicted octanol–water partition coefficient (Wildman–Crippen LogP) is 4.02. The van der Waals surface area contributed by atoms with Crippen LogP contribution in [0.4, 0.5) is 16.2 Å². The molecule has 1 aromatic carbocycles. The number of benzene rings is 1. The van der Waals surface area contributed by atoms with E-state index in [4.69, 9.17) is 4.42 Å². The fraction of sp³-hybridized carbons (Fsp3) is 0.267. The molecule has 1 atom stereocenters. The normalized spacial score (nSPS) is 11.7. The molecule has 2 N–H and O–H groups in total. The van der Waals surface area contributed by atoms with Gasteiger partial charge in [-0.15, -0.1) is 0 Å². The fourth-order valence-electron chi connectivity index (χ4n) is 1.92. The van der Waals surface area contributed by atoms with Crippen LogP contribution < -0.4 is 10.6 Å². The first kappa shape index (κ1) is 14.0. The fourth-order valence-corrected chi connectivity index (χ4v) is 1.92. The van der Waals surface area contributed by atoms with Crippen molar-refractivity contribution < 1.29 is 13.9 Å². The average Bonchev–Trinajstić information content (AvgIpc) is 2.99. The van der Waals surface area contributed by atoms with Crippen LogP contribution in [0, 0.1) is 0 Å². The van der Waals surface area contributed by atoms with Crippen molar-refractivity contribution in [2.24, 2.45) is 0 Å². The minimum absolute atomic E-state index is 0.0957. The largest absolute Gasteiger partial charge is 0.467 e. The summed E-state index contributed by atoms with van der Waals surface area (Å²) in [6, 6.07) is 11.4. The summed E-state index contributed by atoms with van der Waals surface area (Å²) >= 11 is 0. The van der Waals surface area contributed by atoms with Crippen LogP contribution in [0.2, 0.25) is 0 Å². The lowest BCUT2D eigenvalue weighted by molar-refractivity contribution is 0.187. The SMILES string of the molecule is CCC(Nc1cccc(NC(=O)OC)c1)c1ccco1. The van der Waals surface area contributed by atoms with Gasteiger partial charge in [0.15, 0.2) is 0 Å². The van der Waals surface area contributed by atoms with Crippen molar-refractivity contribution in [2.45, 2.75) is 19.4 Å². The van der Waals surface area contributed by atoms with Crippen molar-refractivity contribution in [1.29, 1.82) is 0 Å². The summed E-state index contributed by atoms with van der Waals surface area (Å²) < 4.78 is 9.99. The van der Waals surface area contributed by atoms with E-state index in [-0.39, 0.29) is 6.04 Å². The van der Waals surface area contributed by atoms with Crippen LogP contribution in [-0.2, 0) is 4.74 Å². The molecule has 1 aromatic heterocycles. The van der Waals surface area contributed by atoms with Crippen LogP contribution in [0.1, 0.15) is 25.1 Å². The van der Waals surface area contributed by atoms with Crippen molar-refractivity contribution in [1.82, 2.24) is 0 Å². The number of methoxy groups -OCH3 is 1. The number of anilines is 2. The van der Waals surface area contributed by atoms with E-state index in [1.165, 1.54) is 7.11 Å². The Labute approximate surface area is 117 Å². The first-order chi connectivity index (χ1) is 9.72. The van der Waals surface area contributed by atoms with Crippen molar-refractivity contribution >= 4 is 17.5 Å². The van der Waals surface area contributed by atoms with E-state index < -0.39 is 6.09 Å². The standard InChI is InChI=1S/C15H18N2O3/c1-3-13(14-8-5-9-20-14)16-11-6-4-7-12(10-11)17-15(18)19-2/h4-10,13,16H,3H2,1-2H3,(H,17,18). The molecule has 0 radical (unpaired) electrons. The second-order valence-electron chi connectivity index (χ2n) is 4.32. The molecule has 1 unspecified atom stereocenters. The van der Waals surface area contributed by atoms with Crippen molar-refractivity contribution in [2.75, 3.05) is 17.7 Å². The summed E-state index contributed by atoms with van der Waals surface area (Å²) in [4.78, 5) is 11.2. The van der Waals surface area contributed by atoms with E-state index in [0.29, 0.717) is 5.69 Å². The summed E-state index contributed by atoms with van der Waals surface area (Å²) in [5, 5.41) is 6.01. The number of nitrogens with one attached hydrogen (secondary N) is 2. The Kier molecular flexibility index (Phi) is 4.65. The highest BCUT2D eigenvalue weighted by molar-refractivity contribution is 5.85. The van der Waals surface area contributed by atoms with Gasteiger partial charge in [0.05, 0.1) is 19.4 Å².